The summed E-state index contributed by atoms with van der Waals surface area (Å²) in [6.45, 7) is 4.84. The number of halogens is 2. The van der Waals surface area contributed by atoms with Gasteiger partial charge in [0.15, 0.2) is 0 Å². The molecule has 1 amide bonds. The van der Waals surface area contributed by atoms with E-state index in [1.54, 1.807) is 0 Å². The lowest BCUT2D eigenvalue weighted by Gasteiger charge is -2.23. The van der Waals surface area contributed by atoms with Crippen molar-refractivity contribution in [1.29, 1.82) is 0 Å². The van der Waals surface area contributed by atoms with Gasteiger partial charge in [-0.05, 0) is 24.5 Å². The van der Waals surface area contributed by atoms with Crippen LogP contribution in [0, 0.1) is 0 Å². The van der Waals surface area contributed by atoms with Crippen LogP contribution in [-0.2, 0) is 16.0 Å². The van der Waals surface area contributed by atoms with E-state index in [-0.39, 0.29) is 36.8 Å². The van der Waals surface area contributed by atoms with E-state index < -0.39 is 0 Å². The second kappa shape index (κ2) is 9.98. The van der Waals surface area contributed by atoms with E-state index in [9.17, 15) is 4.79 Å². The molecular formula is C16H25Cl2N3O2. The van der Waals surface area contributed by atoms with Crippen molar-refractivity contribution in [2.24, 2.45) is 0 Å². The van der Waals surface area contributed by atoms with Gasteiger partial charge in [0.1, 0.15) is 6.10 Å². The lowest BCUT2D eigenvalue weighted by Crippen LogP contribution is -2.48. The third kappa shape index (κ3) is 5.24. The SMILES string of the molecule is Cl.Cl.O=C(NCCCN1CCc2ccccc21)C1CNCCO1. The maximum absolute atomic E-state index is 11.9. The number of ether oxygens (including phenoxy) is 1. The molecule has 2 N–H and O–H groups in total. The molecule has 1 saturated heterocycles. The zero-order chi connectivity index (χ0) is 14.5. The maximum Gasteiger partial charge on any atom is 0.250 e. The smallest absolute Gasteiger partial charge is 0.250 e. The van der Waals surface area contributed by atoms with Gasteiger partial charge in [-0.2, -0.15) is 0 Å². The summed E-state index contributed by atoms with van der Waals surface area (Å²) in [6.07, 6.45) is 1.76. The fraction of sp³-hybridized carbons (Fsp3) is 0.562. The lowest BCUT2D eigenvalue weighted by atomic mass is 10.2. The Hall–Kier alpha value is -1.01. The van der Waals surface area contributed by atoms with Crippen LogP contribution in [0.25, 0.3) is 0 Å². The summed E-state index contributed by atoms with van der Waals surface area (Å²) >= 11 is 0. The molecule has 0 spiro atoms. The van der Waals surface area contributed by atoms with Crippen molar-refractivity contribution in [3.63, 3.8) is 0 Å². The minimum atomic E-state index is -0.328. The predicted octanol–water partition coefficient (Wildman–Crippen LogP) is 1.39. The number of morpholine rings is 1. The molecule has 0 saturated carbocycles. The Bertz CT molecular complexity index is 496. The summed E-state index contributed by atoms with van der Waals surface area (Å²) in [7, 11) is 0. The number of benzene rings is 1. The molecule has 3 rings (SSSR count). The number of nitrogens with zero attached hydrogens (tertiary/aromatic N) is 1. The molecule has 0 bridgehead atoms. The Labute approximate surface area is 150 Å². The first-order valence-electron chi connectivity index (χ1n) is 7.77. The number of nitrogens with one attached hydrogen (secondary N) is 2. The van der Waals surface area contributed by atoms with Gasteiger partial charge in [-0.1, -0.05) is 18.2 Å². The van der Waals surface area contributed by atoms with Gasteiger partial charge in [-0.25, -0.2) is 0 Å². The average molecular weight is 362 g/mol. The van der Waals surface area contributed by atoms with Crippen LogP contribution in [0.4, 0.5) is 5.69 Å². The fourth-order valence-electron chi connectivity index (χ4n) is 2.97. The van der Waals surface area contributed by atoms with Crippen LogP contribution >= 0.6 is 24.8 Å². The zero-order valence-electron chi connectivity index (χ0n) is 13.1. The van der Waals surface area contributed by atoms with E-state index in [4.69, 9.17) is 4.74 Å². The molecule has 5 nitrogen and oxygen atoms in total. The molecule has 1 atom stereocenters. The zero-order valence-corrected chi connectivity index (χ0v) is 14.8. The number of hydrogen-bond acceptors (Lipinski definition) is 4. The fourth-order valence-corrected chi connectivity index (χ4v) is 2.97. The van der Waals surface area contributed by atoms with Crippen molar-refractivity contribution in [3.8, 4) is 0 Å². The molecule has 23 heavy (non-hydrogen) atoms. The normalized spacial score (nSPS) is 19.3. The van der Waals surface area contributed by atoms with Crippen molar-refractivity contribution >= 4 is 36.4 Å². The topological polar surface area (TPSA) is 53.6 Å². The highest BCUT2D eigenvalue weighted by Crippen LogP contribution is 2.27. The molecule has 1 unspecified atom stereocenters. The van der Waals surface area contributed by atoms with E-state index in [0.29, 0.717) is 19.7 Å². The number of carbonyl (C=O) groups excluding carboxylic acids is 1. The molecular weight excluding hydrogens is 337 g/mol. The van der Waals surface area contributed by atoms with Crippen LogP contribution in [0.2, 0.25) is 0 Å². The number of hydrogen-bond donors (Lipinski definition) is 2. The Morgan fingerprint density at radius 3 is 2.96 bits per heavy atom. The van der Waals surface area contributed by atoms with Gasteiger partial charge in [-0.3, -0.25) is 4.79 Å². The first-order chi connectivity index (χ1) is 10.3. The van der Waals surface area contributed by atoms with Gasteiger partial charge in [0.05, 0.1) is 6.61 Å². The van der Waals surface area contributed by atoms with Gasteiger partial charge < -0.3 is 20.3 Å². The summed E-state index contributed by atoms with van der Waals surface area (Å²) < 4.78 is 5.43. The number of fused-ring (bicyclic) bond motifs is 1. The number of amides is 1. The Morgan fingerprint density at radius 1 is 1.35 bits per heavy atom. The Kier molecular flexibility index (Phi) is 8.69. The molecule has 1 aromatic carbocycles. The van der Waals surface area contributed by atoms with Gasteiger partial charge >= 0.3 is 0 Å². The van der Waals surface area contributed by atoms with Crippen LogP contribution in [0.3, 0.4) is 0 Å². The van der Waals surface area contributed by atoms with E-state index in [1.807, 2.05) is 0 Å². The van der Waals surface area contributed by atoms with Crippen LogP contribution in [0.15, 0.2) is 24.3 Å². The van der Waals surface area contributed by atoms with Crippen LogP contribution in [0.5, 0.6) is 0 Å². The standard InChI is InChI=1S/C16H23N3O2.2ClH/c20-16(15-12-17-8-11-21-15)18-7-3-9-19-10-6-13-4-1-2-5-14(13)19;;/h1-2,4-5,15,17H,3,6-12H2,(H,18,20);2*1H. The number of rotatable bonds is 5. The van der Waals surface area contributed by atoms with Crippen molar-refractivity contribution in [2.75, 3.05) is 44.2 Å². The van der Waals surface area contributed by atoms with Gasteiger partial charge in [-0.15, -0.1) is 24.8 Å². The summed E-state index contributed by atoms with van der Waals surface area (Å²) in [5, 5.41) is 6.14. The average Bonchev–Trinajstić information content (AvgIpc) is 2.95. The molecule has 2 aliphatic rings. The Balaban J connectivity index is 0.00000132. The first-order valence-corrected chi connectivity index (χ1v) is 7.77. The van der Waals surface area contributed by atoms with Crippen LogP contribution < -0.4 is 15.5 Å². The first kappa shape index (κ1) is 20.0. The molecule has 1 aromatic rings. The second-order valence-corrected chi connectivity index (χ2v) is 5.57. The highest BCUT2D eigenvalue weighted by atomic mass is 35.5. The Morgan fingerprint density at radius 2 is 2.17 bits per heavy atom. The van der Waals surface area contributed by atoms with Crippen molar-refractivity contribution in [3.05, 3.63) is 29.8 Å². The third-order valence-electron chi connectivity index (χ3n) is 4.11. The quantitative estimate of drug-likeness (QED) is 0.778. The summed E-state index contributed by atoms with van der Waals surface area (Å²) in [6, 6.07) is 8.57. The molecule has 0 aromatic heterocycles. The third-order valence-corrected chi connectivity index (χ3v) is 4.11. The molecule has 1 fully saturated rings. The number of anilines is 1. The maximum atomic E-state index is 11.9. The van der Waals surface area contributed by atoms with Gasteiger partial charge in [0.2, 0.25) is 5.91 Å². The molecule has 0 radical (unpaired) electrons. The van der Waals surface area contributed by atoms with Crippen molar-refractivity contribution in [1.82, 2.24) is 10.6 Å². The van der Waals surface area contributed by atoms with Crippen LogP contribution in [-0.4, -0.2) is 51.3 Å². The van der Waals surface area contributed by atoms with E-state index in [1.165, 1.54) is 11.3 Å². The van der Waals surface area contributed by atoms with E-state index >= 15 is 0 Å². The predicted molar refractivity (Wildman–Crippen MR) is 97.1 cm³/mol. The molecule has 7 heteroatoms. The largest absolute Gasteiger partial charge is 0.371 e. The summed E-state index contributed by atoms with van der Waals surface area (Å²) in [5.41, 5.74) is 2.78. The van der Waals surface area contributed by atoms with Gasteiger partial charge in [0.25, 0.3) is 0 Å². The van der Waals surface area contributed by atoms with Gasteiger partial charge in [0, 0.05) is 38.4 Å². The highest BCUT2D eigenvalue weighted by molar-refractivity contribution is 5.85. The van der Waals surface area contributed by atoms with Crippen molar-refractivity contribution < 1.29 is 9.53 Å². The summed E-state index contributed by atoms with van der Waals surface area (Å²) in [4.78, 5) is 14.3. The minimum Gasteiger partial charge on any atom is -0.371 e. The molecule has 2 heterocycles. The number of para-hydroxylation sites is 1. The van der Waals surface area contributed by atoms with E-state index in [2.05, 4.69) is 39.8 Å². The van der Waals surface area contributed by atoms with E-state index in [0.717, 1.165) is 32.5 Å². The highest BCUT2D eigenvalue weighted by Gasteiger charge is 2.21. The second-order valence-electron chi connectivity index (χ2n) is 5.57. The molecule has 2 aliphatic heterocycles. The summed E-state index contributed by atoms with van der Waals surface area (Å²) in [5.74, 6) is 0.00372. The minimum absolute atomic E-state index is 0. The molecule has 0 aliphatic carbocycles. The molecule has 130 valence electrons. The van der Waals surface area contributed by atoms with Crippen molar-refractivity contribution in [2.45, 2.75) is 18.9 Å². The monoisotopic (exact) mass is 361 g/mol. The lowest BCUT2D eigenvalue weighted by molar-refractivity contribution is -0.134. The van der Waals surface area contributed by atoms with Crippen LogP contribution in [0.1, 0.15) is 12.0 Å². The number of carbonyl (C=O) groups is 1.